The predicted octanol–water partition coefficient (Wildman–Crippen LogP) is 5.65. The number of methoxy groups -OCH3 is 2. The van der Waals surface area contributed by atoms with Crippen molar-refractivity contribution in [3.8, 4) is 23.0 Å². The maximum absolute atomic E-state index is 11.3. The molecule has 1 aliphatic heterocycles. The van der Waals surface area contributed by atoms with Crippen LogP contribution in [0.15, 0.2) is 109 Å². The van der Waals surface area contributed by atoms with Crippen molar-refractivity contribution in [1.29, 1.82) is 0 Å². The van der Waals surface area contributed by atoms with Gasteiger partial charge in [-0.25, -0.2) is 9.59 Å². The highest BCUT2D eigenvalue weighted by atomic mass is 16.6. The third kappa shape index (κ3) is 8.17. The Hall–Kier alpha value is -4.66. The normalized spacial score (nSPS) is 16.0. The Morgan fingerprint density at radius 2 is 1.18 bits per heavy atom. The van der Waals surface area contributed by atoms with Gasteiger partial charge in [0.15, 0.2) is 12.2 Å². The zero-order valence-corrected chi connectivity index (χ0v) is 22.1. The number of ether oxygens (including phenoxy) is 5. The number of para-hydroxylation sites is 2. The quantitative estimate of drug-likeness (QED) is 0.214. The van der Waals surface area contributed by atoms with Gasteiger partial charge in [0.2, 0.25) is 0 Å². The molecule has 40 heavy (non-hydrogen) atoms. The van der Waals surface area contributed by atoms with Crippen LogP contribution in [0.1, 0.15) is 17.2 Å². The van der Waals surface area contributed by atoms with Crippen molar-refractivity contribution in [2.24, 2.45) is 0 Å². The van der Waals surface area contributed by atoms with E-state index in [0.29, 0.717) is 5.75 Å². The molecule has 0 aliphatic carbocycles. The van der Waals surface area contributed by atoms with Crippen LogP contribution in [0.2, 0.25) is 0 Å². The molecule has 3 unspecified atom stereocenters. The molecule has 8 nitrogen and oxygen atoms in total. The average Bonchev–Trinajstić information content (AvgIpc) is 3.80. The Morgan fingerprint density at radius 3 is 1.65 bits per heavy atom. The molecule has 4 aromatic carbocycles. The number of benzene rings is 4. The minimum atomic E-state index is -1.14. The van der Waals surface area contributed by atoms with Crippen molar-refractivity contribution >= 4 is 11.9 Å². The first-order valence-electron chi connectivity index (χ1n) is 12.6. The fourth-order valence-electron chi connectivity index (χ4n) is 3.77. The Labute approximate surface area is 232 Å². The van der Waals surface area contributed by atoms with Gasteiger partial charge >= 0.3 is 11.9 Å². The maximum Gasteiger partial charge on any atom is 0.338 e. The highest BCUT2D eigenvalue weighted by Gasteiger charge is 2.47. The van der Waals surface area contributed by atoms with Gasteiger partial charge in [0, 0.05) is 6.42 Å². The highest BCUT2D eigenvalue weighted by molar-refractivity contribution is 5.78. The highest BCUT2D eigenvalue weighted by Crippen LogP contribution is 2.40. The Morgan fingerprint density at radius 1 is 0.700 bits per heavy atom. The number of carbonyl (C=O) groups excluding carboxylic acids is 2. The third-order valence-electron chi connectivity index (χ3n) is 5.92. The number of carbonyl (C=O) groups is 2. The van der Waals surface area contributed by atoms with Gasteiger partial charge in [0.05, 0.1) is 14.2 Å². The molecule has 4 aromatic rings. The number of hydrogen-bond acceptors (Lipinski definition) is 8. The second kappa shape index (κ2) is 13.9. The first kappa shape index (κ1) is 28.4. The van der Waals surface area contributed by atoms with Gasteiger partial charge in [-0.2, -0.15) is 0 Å². The van der Waals surface area contributed by atoms with Crippen molar-refractivity contribution in [3.63, 3.8) is 0 Å². The van der Waals surface area contributed by atoms with Gasteiger partial charge in [-0.3, -0.25) is 0 Å². The summed E-state index contributed by atoms with van der Waals surface area (Å²) in [5.74, 6) is 2.03. The maximum atomic E-state index is 11.3. The first-order valence-corrected chi connectivity index (χ1v) is 12.6. The number of hydrogen-bond donors (Lipinski definition) is 1. The summed E-state index contributed by atoms with van der Waals surface area (Å²) in [7, 11) is 2.61. The fraction of sp³-hybridized carbons (Fsp3) is 0.188. The lowest BCUT2D eigenvalue weighted by atomic mass is 10.1. The van der Waals surface area contributed by atoms with E-state index in [1.165, 1.54) is 14.2 Å². The summed E-state index contributed by atoms with van der Waals surface area (Å²) >= 11 is 0. The van der Waals surface area contributed by atoms with Crippen molar-refractivity contribution in [2.75, 3.05) is 14.2 Å². The Bertz CT molecular complexity index is 1340. The summed E-state index contributed by atoms with van der Waals surface area (Å²) in [5, 5.41) is 9.57. The van der Waals surface area contributed by atoms with Crippen LogP contribution < -0.4 is 9.47 Å². The van der Waals surface area contributed by atoms with Crippen LogP contribution in [-0.4, -0.2) is 43.5 Å². The Balaban J connectivity index is 0.000000185. The van der Waals surface area contributed by atoms with Gasteiger partial charge < -0.3 is 28.8 Å². The molecule has 1 heterocycles. The van der Waals surface area contributed by atoms with Crippen molar-refractivity contribution in [2.45, 2.75) is 24.7 Å². The first-order chi connectivity index (χ1) is 19.5. The molecule has 0 spiro atoms. The van der Waals surface area contributed by atoms with Crippen LogP contribution in [0.25, 0.3) is 0 Å². The van der Waals surface area contributed by atoms with Crippen LogP contribution in [0.5, 0.6) is 23.0 Å². The lowest BCUT2D eigenvalue weighted by molar-refractivity contribution is -0.150. The SMILES string of the molecule is COC(=O)C(O)Cc1ccc(Oc2ccccc2)cc1.COC(=O)C1OC1c1ccc(Oc2ccccc2)cc1. The van der Waals surface area contributed by atoms with Crippen molar-refractivity contribution < 1.29 is 38.4 Å². The molecule has 0 amide bonds. The molecule has 206 valence electrons. The standard InChI is InChI=1S/C16H14O4.C16H16O4/c1-18-16(17)15-14(20-15)11-7-9-13(10-8-11)19-12-5-3-2-4-6-12;1-19-16(18)15(17)11-12-7-9-14(10-8-12)20-13-5-3-2-4-6-13/h2-10,14-15H,1H3;2-10,15,17H,11H2,1H3. The molecule has 3 atom stereocenters. The van der Waals surface area contributed by atoms with E-state index in [4.69, 9.17) is 14.2 Å². The molecule has 0 radical (unpaired) electrons. The molecule has 0 bridgehead atoms. The molecule has 8 heteroatoms. The topological polar surface area (TPSA) is 104 Å². The molecular formula is C32H30O8. The minimum Gasteiger partial charge on any atom is -0.467 e. The van der Waals surface area contributed by atoms with Crippen LogP contribution in [-0.2, 0) is 30.2 Å². The van der Waals surface area contributed by atoms with Gasteiger partial charge in [0.25, 0.3) is 0 Å². The van der Waals surface area contributed by atoms with Crippen LogP contribution in [0.4, 0.5) is 0 Å². The van der Waals surface area contributed by atoms with E-state index >= 15 is 0 Å². The summed E-state index contributed by atoms with van der Waals surface area (Å²) in [5.41, 5.74) is 1.78. The van der Waals surface area contributed by atoms with Gasteiger partial charge in [-0.1, -0.05) is 60.7 Å². The van der Waals surface area contributed by atoms with Crippen LogP contribution in [0.3, 0.4) is 0 Å². The van der Waals surface area contributed by atoms with E-state index in [2.05, 4.69) is 9.47 Å². The Kier molecular flexibility index (Phi) is 9.88. The fourth-order valence-corrected chi connectivity index (χ4v) is 3.77. The molecule has 1 fully saturated rings. The molecule has 1 N–H and O–H groups in total. The van der Waals surface area contributed by atoms with E-state index in [1.807, 2.05) is 97.1 Å². The number of rotatable bonds is 9. The summed E-state index contributed by atoms with van der Waals surface area (Å²) < 4.78 is 25.8. The molecule has 0 aromatic heterocycles. The smallest absolute Gasteiger partial charge is 0.338 e. The predicted molar refractivity (Wildman–Crippen MR) is 147 cm³/mol. The zero-order chi connectivity index (χ0) is 28.3. The van der Waals surface area contributed by atoms with E-state index in [9.17, 15) is 14.7 Å². The summed E-state index contributed by atoms with van der Waals surface area (Å²) in [6.07, 6.45) is -1.59. The average molecular weight is 543 g/mol. The second-order valence-electron chi connectivity index (χ2n) is 8.79. The van der Waals surface area contributed by atoms with Gasteiger partial charge in [-0.05, 0) is 59.7 Å². The number of aliphatic hydroxyl groups is 1. The number of esters is 2. The lowest BCUT2D eigenvalue weighted by Gasteiger charge is -2.09. The van der Waals surface area contributed by atoms with Crippen molar-refractivity contribution in [3.05, 3.63) is 120 Å². The molecule has 1 saturated heterocycles. The largest absolute Gasteiger partial charge is 0.467 e. The zero-order valence-electron chi connectivity index (χ0n) is 22.1. The van der Waals surface area contributed by atoms with Crippen LogP contribution >= 0.6 is 0 Å². The molecule has 5 rings (SSSR count). The summed E-state index contributed by atoms with van der Waals surface area (Å²) in [6, 6.07) is 33.7. The number of aliphatic hydroxyl groups excluding tert-OH is 1. The minimum absolute atomic E-state index is 0.201. The van der Waals surface area contributed by atoms with Gasteiger partial charge in [0.1, 0.15) is 29.1 Å². The van der Waals surface area contributed by atoms with E-state index < -0.39 is 18.2 Å². The summed E-state index contributed by atoms with van der Waals surface area (Å²) in [4.78, 5) is 22.4. The molecule has 0 saturated carbocycles. The van der Waals surface area contributed by atoms with Gasteiger partial charge in [-0.15, -0.1) is 0 Å². The number of epoxide rings is 1. The monoisotopic (exact) mass is 542 g/mol. The summed E-state index contributed by atoms with van der Waals surface area (Å²) in [6.45, 7) is 0. The van der Waals surface area contributed by atoms with Crippen molar-refractivity contribution in [1.82, 2.24) is 0 Å². The lowest BCUT2D eigenvalue weighted by Crippen LogP contribution is -2.23. The second-order valence-corrected chi connectivity index (χ2v) is 8.79. The van der Waals surface area contributed by atoms with Crippen LogP contribution in [0, 0.1) is 0 Å². The molecular weight excluding hydrogens is 512 g/mol. The van der Waals surface area contributed by atoms with E-state index in [1.54, 1.807) is 12.1 Å². The molecule has 1 aliphatic rings. The van der Waals surface area contributed by atoms with E-state index in [0.717, 1.165) is 28.4 Å². The van der Waals surface area contributed by atoms with E-state index in [-0.39, 0.29) is 18.5 Å². The third-order valence-corrected chi connectivity index (χ3v) is 5.92.